The summed E-state index contributed by atoms with van der Waals surface area (Å²) >= 11 is 11.4. The zero-order valence-electron chi connectivity index (χ0n) is 19.8. The summed E-state index contributed by atoms with van der Waals surface area (Å²) in [4.78, 5) is 13.0. The molecule has 33 heavy (non-hydrogen) atoms. The first-order chi connectivity index (χ1) is 15.2. The number of cyclic esters (lactones) is 1. The van der Waals surface area contributed by atoms with E-state index in [1.807, 2.05) is 20.8 Å². The second-order valence-electron chi connectivity index (χ2n) is 10.8. The van der Waals surface area contributed by atoms with Crippen LogP contribution in [0.4, 0.5) is 0 Å². The lowest BCUT2D eigenvalue weighted by Gasteiger charge is -2.48. The molecule has 2 aliphatic rings. The van der Waals surface area contributed by atoms with Crippen molar-refractivity contribution in [1.29, 1.82) is 0 Å². The summed E-state index contributed by atoms with van der Waals surface area (Å²) < 4.78 is 5.88. The van der Waals surface area contributed by atoms with Crippen molar-refractivity contribution in [3.05, 3.63) is 41.5 Å². The summed E-state index contributed by atoms with van der Waals surface area (Å²) in [5.41, 5.74) is 0.342. The van der Waals surface area contributed by atoms with E-state index in [1.165, 1.54) is 5.57 Å². The van der Waals surface area contributed by atoms with Crippen LogP contribution in [-0.4, -0.2) is 41.9 Å². The fourth-order valence-electron chi connectivity index (χ4n) is 5.15. The van der Waals surface area contributed by atoms with Gasteiger partial charge in [-0.05, 0) is 94.4 Å². The topological polar surface area (TPSA) is 66.8 Å². The minimum absolute atomic E-state index is 0.117. The Morgan fingerprint density at radius 1 is 1.06 bits per heavy atom. The van der Waals surface area contributed by atoms with E-state index in [-0.39, 0.29) is 26.7 Å². The Bertz CT molecular complexity index is 913. The van der Waals surface area contributed by atoms with Gasteiger partial charge in [0.05, 0.1) is 16.0 Å². The molecule has 4 nitrogen and oxygen atoms in total. The number of carbonyl (C=O) groups excluding carboxylic acids is 1. The summed E-state index contributed by atoms with van der Waals surface area (Å²) in [6.45, 7) is 12.2. The molecule has 0 radical (unpaired) electrons. The highest BCUT2D eigenvalue weighted by molar-refractivity contribution is 9.10. The van der Waals surface area contributed by atoms with E-state index < -0.39 is 17.2 Å². The molecule has 7 heteroatoms. The molecule has 0 aromatic heterocycles. The summed E-state index contributed by atoms with van der Waals surface area (Å²) in [7, 11) is 0. The van der Waals surface area contributed by atoms with Gasteiger partial charge in [-0.1, -0.05) is 66.9 Å². The lowest BCUT2D eigenvalue weighted by molar-refractivity contribution is -0.0195. The molecule has 0 saturated heterocycles. The van der Waals surface area contributed by atoms with Crippen LogP contribution in [0.3, 0.4) is 0 Å². The van der Waals surface area contributed by atoms with E-state index in [2.05, 4.69) is 61.3 Å². The van der Waals surface area contributed by atoms with Crippen LogP contribution in [0.15, 0.2) is 30.4 Å². The van der Waals surface area contributed by atoms with E-state index in [0.29, 0.717) is 23.2 Å². The second-order valence-corrected chi connectivity index (χ2v) is 14.1. The lowest BCUT2D eigenvalue weighted by atomic mass is 9.61. The Kier molecular flexibility index (Phi) is 8.20. The maximum absolute atomic E-state index is 13.1. The summed E-state index contributed by atoms with van der Waals surface area (Å²) in [6, 6.07) is 4.94. The highest BCUT2D eigenvalue weighted by Gasteiger charge is 2.46. The van der Waals surface area contributed by atoms with Crippen molar-refractivity contribution in [2.24, 2.45) is 11.3 Å². The molecule has 1 aliphatic heterocycles. The number of carbonyl (C=O) groups is 1. The van der Waals surface area contributed by atoms with Crippen molar-refractivity contribution in [2.45, 2.75) is 91.9 Å². The van der Waals surface area contributed by atoms with Gasteiger partial charge in [0.1, 0.15) is 11.4 Å². The number of phenolic OH excluding ortho intramolecular Hbond substituents is 1. The molecule has 1 aromatic rings. The molecule has 1 saturated carbocycles. The van der Waals surface area contributed by atoms with Gasteiger partial charge in [-0.25, -0.2) is 4.79 Å². The Morgan fingerprint density at radius 3 is 2.39 bits per heavy atom. The van der Waals surface area contributed by atoms with Crippen LogP contribution >= 0.6 is 47.8 Å². The highest BCUT2D eigenvalue weighted by atomic mass is 79.9. The number of rotatable bonds is 0. The van der Waals surface area contributed by atoms with Crippen molar-refractivity contribution in [1.82, 2.24) is 0 Å². The number of aliphatic hydroxyl groups is 1. The number of benzene rings is 1. The van der Waals surface area contributed by atoms with Gasteiger partial charge < -0.3 is 14.9 Å². The number of hydrogen-bond donors (Lipinski definition) is 2. The smallest absolute Gasteiger partial charge is 0.338 e. The maximum Gasteiger partial charge on any atom is 0.338 e. The zero-order valence-corrected chi connectivity index (χ0v) is 24.6. The molecule has 0 spiro atoms. The molecule has 2 N–H and O–H groups in total. The minimum Gasteiger partial charge on any atom is -0.508 e. The fraction of sp³-hybridized carbons (Fsp3) is 0.654. The SMILES string of the molecule is C=C1CC[C@H](Br)[C@@]2(C)CC[C@@H](Br)[C@@](C)(O)C[C@@H](Br)C(C)(C)OC(=O)c3ccc(O)c(c3)C[C@H]12. The van der Waals surface area contributed by atoms with Crippen LogP contribution in [0.5, 0.6) is 5.75 Å². The Morgan fingerprint density at radius 2 is 1.73 bits per heavy atom. The molecule has 2 bridgehead atoms. The quantitative estimate of drug-likeness (QED) is 0.179. The van der Waals surface area contributed by atoms with Crippen molar-refractivity contribution >= 4 is 53.8 Å². The standard InChI is InChI=1S/C26H35Br3O4/c1-15-6-9-20(27)25(4)11-10-21(28)26(5,32)14-22(29)24(2,3)33-23(31)16-7-8-19(30)17(12-16)13-18(15)25/h7-8,12,18,20-22,30,32H,1,6,9-11,13-14H2,2-5H3/t18-,20+,21-,22-,25+,26+/m1/s1. The third-order valence-electron chi connectivity index (χ3n) is 7.78. The Balaban J connectivity index is 2.09. The van der Waals surface area contributed by atoms with Crippen LogP contribution in [0.1, 0.15) is 75.7 Å². The van der Waals surface area contributed by atoms with Gasteiger partial charge in [0.15, 0.2) is 0 Å². The van der Waals surface area contributed by atoms with Crippen molar-refractivity contribution in [3.8, 4) is 5.75 Å². The average molecular weight is 651 g/mol. The van der Waals surface area contributed by atoms with E-state index in [9.17, 15) is 15.0 Å². The summed E-state index contributed by atoms with van der Waals surface area (Å²) in [5, 5.41) is 22.0. The largest absolute Gasteiger partial charge is 0.508 e. The molecule has 0 amide bonds. The highest BCUT2D eigenvalue weighted by Crippen LogP contribution is 2.52. The number of aromatic hydroxyl groups is 1. The van der Waals surface area contributed by atoms with Crippen LogP contribution in [0.2, 0.25) is 0 Å². The van der Waals surface area contributed by atoms with Gasteiger partial charge in [0.2, 0.25) is 0 Å². The molecule has 6 atom stereocenters. The predicted molar refractivity (Wildman–Crippen MR) is 144 cm³/mol. The van der Waals surface area contributed by atoms with Gasteiger partial charge in [-0.15, -0.1) is 0 Å². The molecule has 184 valence electrons. The Labute approximate surface area is 222 Å². The number of hydrogen-bond acceptors (Lipinski definition) is 4. The molecular formula is C26H35Br3O4. The third kappa shape index (κ3) is 5.73. The number of halogens is 3. The predicted octanol–water partition coefficient (Wildman–Crippen LogP) is 7.07. The lowest BCUT2D eigenvalue weighted by Crippen LogP contribution is -2.46. The molecule has 1 heterocycles. The fourth-order valence-corrected chi connectivity index (χ4v) is 7.09. The third-order valence-corrected chi connectivity index (χ3v) is 12.2. The first-order valence-corrected chi connectivity index (χ1v) is 14.3. The molecule has 1 aromatic carbocycles. The van der Waals surface area contributed by atoms with E-state index in [0.717, 1.165) is 31.2 Å². The van der Waals surface area contributed by atoms with Crippen LogP contribution < -0.4 is 0 Å². The van der Waals surface area contributed by atoms with E-state index >= 15 is 0 Å². The number of alkyl halides is 3. The van der Waals surface area contributed by atoms with Crippen molar-refractivity contribution in [2.75, 3.05) is 0 Å². The average Bonchev–Trinajstić information content (AvgIpc) is 2.72. The van der Waals surface area contributed by atoms with Crippen molar-refractivity contribution in [3.63, 3.8) is 0 Å². The van der Waals surface area contributed by atoms with Crippen molar-refractivity contribution < 1.29 is 19.7 Å². The van der Waals surface area contributed by atoms with E-state index in [4.69, 9.17) is 4.74 Å². The minimum atomic E-state index is -1.01. The number of allylic oxidation sites excluding steroid dienone is 1. The van der Waals surface area contributed by atoms with Gasteiger partial charge in [-0.3, -0.25) is 0 Å². The molecule has 1 fully saturated rings. The Hall–Kier alpha value is -0.370. The molecular weight excluding hydrogens is 616 g/mol. The number of esters is 1. The molecule has 0 unspecified atom stereocenters. The van der Waals surface area contributed by atoms with Crippen LogP contribution in [0, 0.1) is 11.3 Å². The normalized spacial score (nSPS) is 37.9. The number of ether oxygens (including phenoxy) is 1. The van der Waals surface area contributed by atoms with Gasteiger partial charge in [-0.2, -0.15) is 0 Å². The first-order valence-electron chi connectivity index (χ1n) is 11.5. The van der Waals surface area contributed by atoms with Gasteiger partial charge in [0.25, 0.3) is 0 Å². The molecule has 1 aliphatic carbocycles. The number of phenols is 1. The van der Waals surface area contributed by atoms with Crippen LogP contribution in [-0.2, 0) is 11.2 Å². The first kappa shape index (κ1) is 27.2. The zero-order chi connectivity index (χ0) is 24.8. The second kappa shape index (κ2) is 9.94. The maximum atomic E-state index is 13.1. The molecule has 3 rings (SSSR count). The van der Waals surface area contributed by atoms with Crippen LogP contribution in [0.25, 0.3) is 0 Å². The monoisotopic (exact) mass is 648 g/mol. The van der Waals surface area contributed by atoms with Gasteiger partial charge >= 0.3 is 5.97 Å². The van der Waals surface area contributed by atoms with E-state index in [1.54, 1.807) is 18.2 Å². The number of fused-ring (bicyclic) bond motifs is 3. The summed E-state index contributed by atoms with van der Waals surface area (Å²) in [5.74, 6) is -0.135. The van der Waals surface area contributed by atoms with Gasteiger partial charge in [0, 0.05) is 9.65 Å². The summed E-state index contributed by atoms with van der Waals surface area (Å²) in [6.07, 6.45) is 4.60.